The number of nitrogens with zero attached hydrogens (tertiary/aromatic N) is 2. The highest BCUT2D eigenvalue weighted by molar-refractivity contribution is 7.89. The summed E-state index contributed by atoms with van der Waals surface area (Å²) in [5.74, 6) is -2.10. The summed E-state index contributed by atoms with van der Waals surface area (Å²) >= 11 is 0. The van der Waals surface area contributed by atoms with Gasteiger partial charge >= 0.3 is 0 Å². The van der Waals surface area contributed by atoms with Crippen LogP contribution >= 0.6 is 0 Å². The lowest BCUT2D eigenvalue weighted by Gasteiger charge is -2.15. The molecule has 3 amide bonds. The largest absolute Gasteiger partial charge is 0.280 e. The number of nitrogens with one attached hydrogen (secondary N) is 2. The molecule has 2 aromatic carbocycles. The molecule has 0 aliphatic carbocycles. The van der Waals surface area contributed by atoms with Crippen LogP contribution in [0.5, 0.6) is 0 Å². The lowest BCUT2D eigenvalue weighted by Crippen LogP contribution is -2.46. The zero-order chi connectivity index (χ0) is 21.2. The number of imide groups is 1. The van der Waals surface area contributed by atoms with Gasteiger partial charge in [0, 0.05) is 25.1 Å². The zero-order valence-corrected chi connectivity index (χ0v) is 15.5. The van der Waals surface area contributed by atoms with Crippen LogP contribution in [0.4, 0.5) is 5.69 Å². The Kier molecular flexibility index (Phi) is 5.39. The van der Waals surface area contributed by atoms with Crippen LogP contribution in [0.15, 0.2) is 53.4 Å². The van der Waals surface area contributed by atoms with Gasteiger partial charge in [-0.25, -0.2) is 13.1 Å². The number of amides is 3. The molecule has 3 rings (SSSR count). The molecule has 0 saturated heterocycles. The van der Waals surface area contributed by atoms with Crippen LogP contribution in [0, 0.1) is 10.1 Å². The maximum absolute atomic E-state index is 12.2. The summed E-state index contributed by atoms with van der Waals surface area (Å²) in [6.45, 7) is -0.311. The number of sulfonamides is 1. The third-order valence-electron chi connectivity index (χ3n) is 4.03. The van der Waals surface area contributed by atoms with Crippen LogP contribution in [-0.4, -0.2) is 42.6 Å². The molecule has 0 atom stereocenters. The van der Waals surface area contributed by atoms with Gasteiger partial charge in [0.15, 0.2) is 0 Å². The molecule has 0 fully saturated rings. The second-order valence-corrected chi connectivity index (χ2v) is 7.69. The van der Waals surface area contributed by atoms with Gasteiger partial charge in [-0.1, -0.05) is 12.1 Å². The molecule has 0 unspecified atom stereocenters. The van der Waals surface area contributed by atoms with E-state index in [-0.39, 0.29) is 34.7 Å². The average molecular weight is 418 g/mol. The van der Waals surface area contributed by atoms with E-state index in [1.165, 1.54) is 12.1 Å². The van der Waals surface area contributed by atoms with Gasteiger partial charge < -0.3 is 0 Å². The Labute approximate surface area is 164 Å². The molecule has 0 saturated carbocycles. The molecule has 150 valence electrons. The van der Waals surface area contributed by atoms with Crippen molar-refractivity contribution in [3.8, 4) is 0 Å². The van der Waals surface area contributed by atoms with Crippen molar-refractivity contribution in [2.75, 3.05) is 6.54 Å². The number of hydrogen-bond donors (Lipinski definition) is 2. The predicted octanol–water partition coefficient (Wildman–Crippen LogP) is 0.591. The number of hydrazine groups is 1. The van der Waals surface area contributed by atoms with Crippen LogP contribution in [0.3, 0.4) is 0 Å². The Morgan fingerprint density at radius 1 is 1.00 bits per heavy atom. The lowest BCUT2D eigenvalue weighted by atomic mass is 10.1. The summed E-state index contributed by atoms with van der Waals surface area (Å²) in [5.41, 5.74) is 2.22. The number of benzene rings is 2. The van der Waals surface area contributed by atoms with Crippen LogP contribution in [0.25, 0.3) is 0 Å². The molecule has 29 heavy (non-hydrogen) atoms. The number of fused-ring (bicyclic) bond motifs is 1. The van der Waals surface area contributed by atoms with E-state index in [2.05, 4.69) is 10.1 Å². The first-order chi connectivity index (χ1) is 13.7. The number of rotatable bonds is 7. The Hall–Kier alpha value is -3.64. The molecule has 0 aromatic heterocycles. The number of nitro groups is 1. The average Bonchev–Trinajstić information content (AvgIpc) is 2.93. The van der Waals surface area contributed by atoms with Gasteiger partial charge in [-0.2, -0.15) is 5.01 Å². The molecule has 1 aliphatic heterocycles. The van der Waals surface area contributed by atoms with Crippen LogP contribution in [-0.2, 0) is 14.8 Å². The van der Waals surface area contributed by atoms with Gasteiger partial charge in [-0.05, 0) is 24.3 Å². The van der Waals surface area contributed by atoms with Crippen molar-refractivity contribution in [2.45, 2.75) is 11.3 Å². The van der Waals surface area contributed by atoms with Gasteiger partial charge in [-0.3, -0.25) is 29.9 Å². The van der Waals surface area contributed by atoms with E-state index >= 15 is 0 Å². The minimum Gasteiger partial charge on any atom is -0.273 e. The number of carbonyl (C=O) groups is 3. The van der Waals surface area contributed by atoms with Crippen molar-refractivity contribution in [1.82, 2.24) is 15.2 Å². The van der Waals surface area contributed by atoms with Crippen molar-refractivity contribution < 1.29 is 27.7 Å². The van der Waals surface area contributed by atoms with E-state index in [9.17, 15) is 32.9 Å². The Bertz CT molecular complexity index is 1080. The van der Waals surface area contributed by atoms with Crippen molar-refractivity contribution in [3.05, 3.63) is 69.8 Å². The lowest BCUT2D eigenvalue weighted by molar-refractivity contribution is -0.384. The van der Waals surface area contributed by atoms with E-state index in [1.807, 2.05) is 0 Å². The first-order valence-electron chi connectivity index (χ1n) is 8.22. The Morgan fingerprint density at radius 3 is 2.07 bits per heavy atom. The van der Waals surface area contributed by atoms with E-state index in [1.54, 1.807) is 12.1 Å². The predicted molar refractivity (Wildman–Crippen MR) is 98.0 cm³/mol. The summed E-state index contributed by atoms with van der Waals surface area (Å²) < 4.78 is 26.5. The minimum absolute atomic E-state index is 0.164. The Morgan fingerprint density at radius 2 is 1.55 bits per heavy atom. The molecule has 2 N–H and O–H groups in total. The molecule has 0 bridgehead atoms. The van der Waals surface area contributed by atoms with Crippen LogP contribution in [0.1, 0.15) is 27.1 Å². The molecule has 0 radical (unpaired) electrons. The van der Waals surface area contributed by atoms with Crippen molar-refractivity contribution in [2.24, 2.45) is 0 Å². The molecule has 12 heteroatoms. The smallest absolute Gasteiger partial charge is 0.273 e. The van der Waals surface area contributed by atoms with Crippen molar-refractivity contribution in [1.29, 1.82) is 0 Å². The highest BCUT2D eigenvalue weighted by Crippen LogP contribution is 2.20. The van der Waals surface area contributed by atoms with Gasteiger partial charge in [0.2, 0.25) is 15.9 Å². The number of non-ortho nitro benzene ring substituents is 1. The fraction of sp³-hybridized carbons (Fsp3) is 0.118. The molecule has 11 nitrogen and oxygen atoms in total. The van der Waals surface area contributed by atoms with E-state index in [4.69, 9.17) is 0 Å². The summed E-state index contributed by atoms with van der Waals surface area (Å²) in [7, 11) is -3.99. The third-order valence-corrected chi connectivity index (χ3v) is 5.51. The molecule has 1 heterocycles. The second kappa shape index (κ2) is 7.77. The van der Waals surface area contributed by atoms with E-state index in [0.29, 0.717) is 5.01 Å². The molecule has 1 aliphatic rings. The summed E-state index contributed by atoms with van der Waals surface area (Å²) in [6.07, 6.45) is -0.348. The van der Waals surface area contributed by atoms with Crippen molar-refractivity contribution in [3.63, 3.8) is 0 Å². The van der Waals surface area contributed by atoms with Gasteiger partial charge in [0.25, 0.3) is 17.5 Å². The summed E-state index contributed by atoms with van der Waals surface area (Å²) in [6, 6.07) is 10.3. The maximum atomic E-state index is 12.2. The quantitative estimate of drug-likeness (QED) is 0.379. The number of hydrogen-bond acceptors (Lipinski definition) is 7. The minimum atomic E-state index is -3.99. The maximum Gasteiger partial charge on any atom is 0.280 e. The van der Waals surface area contributed by atoms with Crippen LogP contribution in [0.2, 0.25) is 0 Å². The fourth-order valence-electron chi connectivity index (χ4n) is 2.60. The first-order valence-corrected chi connectivity index (χ1v) is 9.70. The molecular weight excluding hydrogens is 404 g/mol. The topological polar surface area (TPSA) is 156 Å². The second-order valence-electron chi connectivity index (χ2n) is 5.93. The van der Waals surface area contributed by atoms with E-state index < -0.39 is 32.7 Å². The Balaban J connectivity index is 1.55. The van der Waals surface area contributed by atoms with E-state index in [0.717, 1.165) is 24.3 Å². The summed E-state index contributed by atoms with van der Waals surface area (Å²) in [4.78, 5) is 46.1. The first kappa shape index (κ1) is 20.1. The van der Waals surface area contributed by atoms with Gasteiger partial charge in [0.05, 0.1) is 20.9 Å². The number of nitro benzene ring substituents is 1. The summed E-state index contributed by atoms with van der Waals surface area (Å²) in [5, 5.41) is 11.2. The van der Waals surface area contributed by atoms with Crippen LogP contribution < -0.4 is 10.1 Å². The van der Waals surface area contributed by atoms with Gasteiger partial charge in [0.1, 0.15) is 0 Å². The third kappa shape index (κ3) is 4.12. The fourth-order valence-corrected chi connectivity index (χ4v) is 3.63. The standard InChI is InChI=1S/C17H14N4O7S/c22-15(19-20-16(23)13-3-1-2-4-14(13)17(20)24)9-10-18-29(27,28)12-7-5-11(6-8-12)21(25)26/h1-8,18H,9-10H2,(H,19,22). The number of carbonyl (C=O) groups excluding carboxylic acids is 3. The zero-order valence-electron chi connectivity index (χ0n) is 14.7. The molecule has 2 aromatic rings. The van der Waals surface area contributed by atoms with Gasteiger partial charge in [-0.15, -0.1) is 0 Å². The highest BCUT2D eigenvalue weighted by atomic mass is 32.2. The monoisotopic (exact) mass is 418 g/mol. The normalized spacial score (nSPS) is 13.3. The molecule has 0 spiro atoms. The SMILES string of the molecule is O=C(CCNS(=O)(=O)c1ccc([N+](=O)[O-])cc1)NN1C(=O)c2ccccc2C1=O. The van der Waals surface area contributed by atoms with Crippen molar-refractivity contribution >= 4 is 33.4 Å². The molecular formula is C17H14N4O7S. The highest BCUT2D eigenvalue weighted by Gasteiger charge is 2.36.